The highest BCUT2D eigenvalue weighted by Crippen LogP contribution is 2.31. The van der Waals surface area contributed by atoms with E-state index < -0.39 is 35.7 Å². The van der Waals surface area contributed by atoms with E-state index >= 15 is 0 Å². The normalized spacial score (nSPS) is 25.8. The SMILES string of the molecule is O=C1CC(c2ccc(C3CC(=O)OC3=O)cc2)C(=O)O1. The van der Waals surface area contributed by atoms with Crippen LogP contribution in [-0.4, -0.2) is 23.9 Å². The summed E-state index contributed by atoms with van der Waals surface area (Å²) in [5.41, 5.74) is 1.31. The summed E-state index contributed by atoms with van der Waals surface area (Å²) in [5, 5.41) is 0. The Morgan fingerprint density at radius 2 is 1.05 bits per heavy atom. The molecule has 0 radical (unpaired) electrons. The number of carbonyl (C=O) groups excluding carboxylic acids is 4. The van der Waals surface area contributed by atoms with Gasteiger partial charge in [-0.25, -0.2) is 0 Å². The fourth-order valence-corrected chi connectivity index (χ4v) is 2.42. The molecule has 2 atom stereocenters. The van der Waals surface area contributed by atoms with E-state index in [1.807, 2.05) is 0 Å². The third kappa shape index (κ3) is 2.09. The molecule has 0 N–H and O–H groups in total. The Balaban J connectivity index is 1.81. The van der Waals surface area contributed by atoms with Crippen molar-refractivity contribution in [3.05, 3.63) is 35.4 Å². The van der Waals surface area contributed by atoms with Gasteiger partial charge in [0, 0.05) is 0 Å². The summed E-state index contributed by atoms with van der Waals surface area (Å²) in [6.07, 6.45) is 0.0598. The maximum Gasteiger partial charge on any atom is 0.321 e. The molecular formula is C14H10O6. The number of hydrogen-bond donors (Lipinski definition) is 0. The van der Waals surface area contributed by atoms with E-state index in [0.29, 0.717) is 11.1 Å². The highest BCUT2D eigenvalue weighted by Gasteiger charge is 2.36. The van der Waals surface area contributed by atoms with Gasteiger partial charge in [-0.3, -0.25) is 19.2 Å². The van der Waals surface area contributed by atoms with Gasteiger partial charge in [-0.05, 0) is 11.1 Å². The topological polar surface area (TPSA) is 86.7 Å². The van der Waals surface area contributed by atoms with Crippen molar-refractivity contribution in [1.82, 2.24) is 0 Å². The number of benzene rings is 1. The summed E-state index contributed by atoms with van der Waals surface area (Å²) in [5.74, 6) is -3.36. The monoisotopic (exact) mass is 274 g/mol. The average Bonchev–Trinajstić information content (AvgIpc) is 2.92. The molecule has 0 amide bonds. The second-order valence-electron chi connectivity index (χ2n) is 4.77. The van der Waals surface area contributed by atoms with E-state index in [-0.39, 0.29) is 12.8 Å². The van der Waals surface area contributed by atoms with Crippen molar-refractivity contribution in [3.63, 3.8) is 0 Å². The molecule has 1 aromatic rings. The molecule has 20 heavy (non-hydrogen) atoms. The molecule has 0 aliphatic carbocycles. The Morgan fingerprint density at radius 3 is 1.30 bits per heavy atom. The molecule has 2 fully saturated rings. The Bertz CT molecular complexity index is 560. The average molecular weight is 274 g/mol. The van der Waals surface area contributed by atoms with Crippen LogP contribution in [0.4, 0.5) is 0 Å². The maximum atomic E-state index is 11.5. The molecule has 2 saturated heterocycles. The van der Waals surface area contributed by atoms with E-state index in [1.165, 1.54) is 0 Å². The minimum Gasteiger partial charge on any atom is -0.393 e. The lowest BCUT2D eigenvalue weighted by atomic mass is 9.92. The molecule has 3 rings (SSSR count). The van der Waals surface area contributed by atoms with Gasteiger partial charge in [0.05, 0.1) is 24.7 Å². The van der Waals surface area contributed by atoms with Gasteiger partial charge >= 0.3 is 23.9 Å². The fourth-order valence-electron chi connectivity index (χ4n) is 2.42. The second kappa shape index (κ2) is 4.56. The van der Waals surface area contributed by atoms with Crippen LogP contribution in [0.25, 0.3) is 0 Å². The molecular weight excluding hydrogens is 264 g/mol. The van der Waals surface area contributed by atoms with Crippen LogP contribution in [0, 0.1) is 0 Å². The molecule has 1 aromatic carbocycles. The van der Waals surface area contributed by atoms with Gasteiger partial charge in [0.15, 0.2) is 0 Å². The van der Waals surface area contributed by atoms with Gasteiger partial charge in [-0.1, -0.05) is 24.3 Å². The summed E-state index contributed by atoms with van der Waals surface area (Å²) in [6, 6.07) is 6.65. The van der Waals surface area contributed by atoms with Gasteiger partial charge < -0.3 is 9.47 Å². The zero-order chi connectivity index (χ0) is 14.3. The first-order chi connectivity index (χ1) is 9.54. The first-order valence-electron chi connectivity index (χ1n) is 6.13. The Kier molecular flexibility index (Phi) is 2.85. The molecule has 0 spiro atoms. The second-order valence-corrected chi connectivity index (χ2v) is 4.77. The lowest BCUT2D eigenvalue weighted by molar-refractivity contribution is -0.154. The van der Waals surface area contributed by atoms with Crippen molar-refractivity contribution in [2.24, 2.45) is 0 Å². The van der Waals surface area contributed by atoms with Crippen LogP contribution in [0.3, 0.4) is 0 Å². The van der Waals surface area contributed by atoms with E-state index in [0.717, 1.165) is 0 Å². The number of rotatable bonds is 2. The molecule has 6 heteroatoms. The van der Waals surface area contributed by atoms with Crippen LogP contribution in [0.1, 0.15) is 35.8 Å². The van der Waals surface area contributed by atoms with Crippen LogP contribution in [0.5, 0.6) is 0 Å². The Hall–Kier alpha value is -2.50. The molecule has 2 aliphatic rings. The molecule has 2 heterocycles. The smallest absolute Gasteiger partial charge is 0.321 e. The van der Waals surface area contributed by atoms with E-state index in [4.69, 9.17) is 0 Å². The third-order valence-electron chi connectivity index (χ3n) is 3.48. The Labute approximate surface area is 113 Å². The number of ether oxygens (including phenoxy) is 2. The molecule has 0 bridgehead atoms. The first kappa shape index (κ1) is 12.5. The van der Waals surface area contributed by atoms with Crippen molar-refractivity contribution in [2.75, 3.05) is 0 Å². The van der Waals surface area contributed by atoms with Crippen molar-refractivity contribution in [3.8, 4) is 0 Å². The van der Waals surface area contributed by atoms with Gasteiger partial charge in [0.25, 0.3) is 0 Å². The summed E-state index contributed by atoms with van der Waals surface area (Å²) in [4.78, 5) is 45.0. The molecule has 0 aromatic heterocycles. The van der Waals surface area contributed by atoms with Gasteiger partial charge in [-0.2, -0.15) is 0 Å². The number of esters is 4. The van der Waals surface area contributed by atoms with Crippen molar-refractivity contribution in [2.45, 2.75) is 24.7 Å². The molecule has 2 aliphatic heterocycles. The van der Waals surface area contributed by atoms with Crippen LogP contribution >= 0.6 is 0 Å². The maximum absolute atomic E-state index is 11.5. The molecule has 2 unspecified atom stereocenters. The number of cyclic esters (lactones) is 4. The predicted octanol–water partition coefficient (Wildman–Crippen LogP) is 0.801. The van der Waals surface area contributed by atoms with Crippen LogP contribution in [-0.2, 0) is 28.7 Å². The molecule has 102 valence electrons. The number of hydrogen-bond acceptors (Lipinski definition) is 6. The summed E-state index contributed by atoms with van der Waals surface area (Å²) >= 11 is 0. The minimum absolute atomic E-state index is 0.0299. The van der Waals surface area contributed by atoms with Crippen molar-refractivity contribution in [1.29, 1.82) is 0 Å². The van der Waals surface area contributed by atoms with Crippen LogP contribution in [0.2, 0.25) is 0 Å². The van der Waals surface area contributed by atoms with E-state index in [9.17, 15) is 19.2 Å². The number of carbonyl (C=O) groups is 4. The summed E-state index contributed by atoms with van der Waals surface area (Å²) in [7, 11) is 0. The standard InChI is InChI=1S/C14H10O6/c15-11-5-9(13(17)19-11)7-1-2-8(4-3-7)10-6-12(16)20-14(10)18/h1-4,9-10H,5-6H2. The third-order valence-corrected chi connectivity index (χ3v) is 3.48. The van der Waals surface area contributed by atoms with E-state index in [2.05, 4.69) is 9.47 Å². The zero-order valence-electron chi connectivity index (χ0n) is 10.3. The molecule has 0 saturated carbocycles. The zero-order valence-corrected chi connectivity index (χ0v) is 10.3. The fraction of sp³-hybridized carbons (Fsp3) is 0.286. The highest BCUT2D eigenvalue weighted by molar-refractivity contribution is 5.98. The first-order valence-corrected chi connectivity index (χ1v) is 6.13. The summed E-state index contributed by atoms with van der Waals surface area (Å²) in [6.45, 7) is 0. The largest absolute Gasteiger partial charge is 0.393 e. The Morgan fingerprint density at radius 1 is 0.700 bits per heavy atom. The summed E-state index contributed by atoms with van der Waals surface area (Å²) < 4.78 is 8.99. The van der Waals surface area contributed by atoms with Crippen LogP contribution in [0.15, 0.2) is 24.3 Å². The van der Waals surface area contributed by atoms with E-state index in [1.54, 1.807) is 24.3 Å². The van der Waals surface area contributed by atoms with Gasteiger partial charge in [0.1, 0.15) is 0 Å². The lowest BCUT2D eigenvalue weighted by Crippen LogP contribution is -2.08. The highest BCUT2D eigenvalue weighted by atomic mass is 16.6. The van der Waals surface area contributed by atoms with Gasteiger partial charge in [-0.15, -0.1) is 0 Å². The lowest BCUT2D eigenvalue weighted by Gasteiger charge is -2.08. The van der Waals surface area contributed by atoms with Crippen molar-refractivity contribution < 1.29 is 28.7 Å². The predicted molar refractivity (Wildman–Crippen MR) is 63.4 cm³/mol. The quantitative estimate of drug-likeness (QED) is 0.585. The van der Waals surface area contributed by atoms with Gasteiger partial charge in [0.2, 0.25) is 0 Å². The molecule has 6 nitrogen and oxygen atoms in total. The van der Waals surface area contributed by atoms with Crippen molar-refractivity contribution >= 4 is 23.9 Å². The minimum atomic E-state index is -0.589. The van der Waals surface area contributed by atoms with Crippen LogP contribution < -0.4 is 0 Å².